The molecule has 5 rings (SSSR count). The fourth-order valence-electron chi connectivity index (χ4n) is 3.72. The zero-order valence-corrected chi connectivity index (χ0v) is 11.1. The van der Waals surface area contributed by atoms with Gasteiger partial charge in [-0.25, -0.2) is 0 Å². The van der Waals surface area contributed by atoms with Crippen LogP contribution in [0.2, 0.25) is 0 Å². The fraction of sp³-hybridized carbons (Fsp3) is 0.235. The second-order valence-electron chi connectivity index (χ2n) is 5.36. The van der Waals surface area contributed by atoms with Gasteiger partial charge in [-0.3, -0.25) is 0 Å². The summed E-state index contributed by atoms with van der Waals surface area (Å²) < 4.78 is 0. The van der Waals surface area contributed by atoms with Gasteiger partial charge in [-0.15, -0.1) is 0 Å². The van der Waals surface area contributed by atoms with Crippen LogP contribution in [0.5, 0.6) is 0 Å². The van der Waals surface area contributed by atoms with Gasteiger partial charge in [0, 0.05) is 16.7 Å². The summed E-state index contributed by atoms with van der Waals surface area (Å²) in [6, 6.07) is 17.6. The molecule has 1 heteroatoms. The Labute approximate surface area is 113 Å². The number of hydrogen-bond acceptors (Lipinski definition) is 1. The van der Waals surface area contributed by atoms with Crippen LogP contribution in [-0.4, -0.2) is 4.86 Å². The van der Waals surface area contributed by atoms with Gasteiger partial charge < -0.3 is 0 Å². The molecule has 2 bridgehead atoms. The number of thiocarbonyl (C=S) groups is 1. The van der Waals surface area contributed by atoms with E-state index in [1.54, 1.807) is 0 Å². The molecule has 2 aromatic rings. The van der Waals surface area contributed by atoms with Gasteiger partial charge in [-0.1, -0.05) is 67.7 Å². The molecule has 0 nitrogen and oxygen atoms in total. The summed E-state index contributed by atoms with van der Waals surface area (Å²) in [5.74, 6) is 1.29. The molecular formula is C17H14S. The van der Waals surface area contributed by atoms with Gasteiger partial charge in [-0.2, -0.15) is 0 Å². The van der Waals surface area contributed by atoms with Gasteiger partial charge in [-0.05, 0) is 28.2 Å². The molecule has 1 unspecified atom stereocenters. The van der Waals surface area contributed by atoms with E-state index in [4.69, 9.17) is 12.2 Å². The second-order valence-corrected chi connectivity index (χ2v) is 5.83. The van der Waals surface area contributed by atoms with Crippen molar-refractivity contribution in [3.8, 4) is 0 Å². The zero-order chi connectivity index (χ0) is 12.3. The van der Waals surface area contributed by atoms with Crippen LogP contribution in [0.15, 0.2) is 48.5 Å². The molecule has 0 heterocycles. The Morgan fingerprint density at radius 3 is 1.72 bits per heavy atom. The average Bonchev–Trinajstić information content (AvgIpc) is 2.42. The van der Waals surface area contributed by atoms with Crippen molar-refractivity contribution in [2.45, 2.75) is 18.8 Å². The second kappa shape index (κ2) is 3.52. The Morgan fingerprint density at radius 1 is 0.778 bits per heavy atom. The molecule has 0 spiro atoms. The topological polar surface area (TPSA) is 0 Å². The van der Waals surface area contributed by atoms with Crippen molar-refractivity contribution in [2.24, 2.45) is 5.92 Å². The van der Waals surface area contributed by atoms with Crippen LogP contribution in [0.25, 0.3) is 0 Å². The quantitative estimate of drug-likeness (QED) is 0.629. The normalized spacial score (nSPS) is 27.8. The zero-order valence-electron chi connectivity index (χ0n) is 10.3. The minimum atomic E-state index is 0.340. The Balaban J connectivity index is 2.09. The van der Waals surface area contributed by atoms with E-state index >= 15 is 0 Å². The van der Waals surface area contributed by atoms with Crippen molar-refractivity contribution in [3.05, 3.63) is 70.8 Å². The molecule has 18 heavy (non-hydrogen) atoms. The molecular weight excluding hydrogens is 236 g/mol. The van der Waals surface area contributed by atoms with E-state index in [0.717, 1.165) is 0 Å². The Hall–Kier alpha value is -1.47. The van der Waals surface area contributed by atoms with Gasteiger partial charge in [0.25, 0.3) is 0 Å². The lowest BCUT2D eigenvalue weighted by molar-refractivity contribution is 0.588. The lowest BCUT2D eigenvalue weighted by Crippen LogP contribution is -2.37. The molecule has 0 saturated heterocycles. The van der Waals surface area contributed by atoms with Gasteiger partial charge in [0.1, 0.15) is 0 Å². The third-order valence-electron chi connectivity index (χ3n) is 4.52. The van der Waals surface area contributed by atoms with E-state index < -0.39 is 0 Å². The monoisotopic (exact) mass is 250 g/mol. The van der Waals surface area contributed by atoms with Crippen molar-refractivity contribution < 1.29 is 0 Å². The lowest BCUT2D eigenvalue weighted by Gasteiger charge is -2.45. The Bertz CT molecular complexity index is 609. The molecule has 0 aromatic heterocycles. The van der Waals surface area contributed by atoms with E-state index in [9.17, 15) is 0 Å². The standard InChI is InChI=1S/C17H14S/c1-10-15-11-6-2-4-8-13(11)16(17(10)18)14-9-5-3-7-12(14)15/h2-10,15-16H,1H3. The predicted octanol–water partition coefficient (Wildman–Crippen LogP) is 4.28. The maximum atomic E-state index is 5.73. The smallest absolute Gasteiger partial charge is 0.0412 e. The SMILES string of the molecule is CC1C(=S)C2c3ccccc3C1c1ccccc12. The highest BCUT2D eigenvalue weighted by Crippen LogP contribution is 2.53. The predicted molar refractivity (Wildman–Crippen MR) is 78.3 cm³/mol. The molecule has 3 aliphatic rings. The molecule has 0 radical (unpaired) electrons. The molecule has 2 aromatic carbocycles. The van der Waals surface area contributed by atoms with Crippen LogP contribution in [0.1, 0.15) is 41.0 Å². The van der Waals surface area contributed by atoms with E-state index in [-0.39, 0.29) is 0 Å². The van der Waals surface area contributed by atoms with Crippen molar-refractivity contribution in [3.63, 3.8) is 0 Å². The fourth-order valence-corrected chi connectivity index (χ4v) is 4.11. The van der Waals surface area contributed by atoms with Crippen LogP contribution in [0, 0.1) is 5.92 Å². The van der Waals surface area contributed by atoms with Crippen LogP contribution in [0.3, 0.4) is 0 Å². The van der Waals surface area contributed by atoms with Crippen LogP contribution in [-0.2, 0) is 0 Å². The van der Waals surface area contributed by atoms with Crippen molar-refractivity contribution in [2.75, 3.05) is 0 Å². The molecule has 0 saturated carbocycles. The lowest BCUT2D eigenvalue weighted by atomic mass is 9.59. The van der Waals surface area contributed by atoms with E-state index in [1.165, 1.54) is 27.1 Å². The van der Waals surface area contributed by atoms with Gasteiger partial charge in [0.15, 0.2) is 0 Å². The molecule has 3 aliphatic carbocycles. The first-order valence-electron chi connectivity index (χ1n) is 6.50. The highest BCUT2D eigenvalue weighted by Gasteiger charge is 2.44. The highest BCUT2D eigenvalue weighted by atomic mass is 32.1. The van der Waals surface area contributed by atoms with Crippen molar-refractivity contribution in [1.29, 1.82) is 0 Å². The molecule has 0 aliphatic heterocycles. The summed E-state index contributed by atoms with van der Waals surface area (Å²) in [6.07, 6.45) is 0. The average molecular weight is 250 g/mol. The summed E-state index contributed by atoms with van der Waals surface area (Å²) in [6.45, 7) is 2.28. The number of benzene rings is 2. The van der Waals surface area contributed by atoms with E-state index in [0.29, 0.717) is 17.8 Å². The third kappa shape index (κ3) is 1.13. The van der Waals surface area contributed by atoms with Crippen LogP contribution >= 0.6 is 12.2 Å². The minimum Gasteiger partial charge on any atom is -0.0883 e. The summed E-state index contributed by atoms with van der Waals surface area (Å²) in [4.78, 5) is 1.22. The van der Waals surface area contributed by atoms with E-state index in [2.05, 4.69) is 55.5 Å². The first-order chi connectivity index (χ1) is 8.79. The Morgan fingerprint density at radius 2 is 1.22 bits per heavy atom. The van der Waals surface area contributed by atoms with E-state index in [1.807, 2.05) is 0 Å². The maximum absolute atomic E-state index is 5.73. The number of rotatable bonds is 0. The first-order valence-corrected chi connectivity index (χ1v) is 6.91. The molecule has 88 valence electrons. The summed E-state index contributed by atoms with van der Waals surface area (Å²) in [5.41, 5.74) is 5.85. The molecule has 0 fully saturated rings. The first kappa shape index (κ1) is 10.5. The minimum absolute atomic E-state index is 0.340. The van der Waals surface area contributed by atoms with Crippen LogP contribution in [0.4, 0.5) is 0 Å². The Kier molecular flexibility index (Phi) is 2.04. The maximum Gasteiger partial charge on any atom is 0.0412 e. The van der Waals surface area contributed by atoms with Gasteiger partial charge in [0.2, 0.25) is 0 Å². The number of fused-ring (bicyclic) bond motifs is 1. The van der Waals surface area contributed by atoms with Crippen LogP contribution < -0.4 is 0 Å². The third-order valence-corrected chi connectivity index (χ3v) is 5.12. The molecule has 1 atom stereocenters. The highest BCUT2D eigenvalue weighted by molar-refractivity contribution is 7.80. The molecule has 0 amide bonds. The molecule has 0 N–H and O–H groups in total. The summed E-state index contributed by atoms with van der Waals surface area (Å²) in [7, 11) is 0. The van der Waals surface area contributed by atoms with Crippen molar-refractivity contribution in [1.82, 2.24) is 0 Å². The van der Waals surface area contributed by atoms with Crippen molar-refractivity contribution >= 4 is 17.1 Å². The summed E-state index contributed by atoms with van der Waals surface area (Å²) >= 11 is 5.73. The largest absolute Gasteiger partial charge is 0.0883 e. The number of hydrogen-bond donors (Lipinski definition) is 0. The summed E-state index contributed by atoms with van der Waals surface area (Å²) in [5, 5.41) is 0. The van der Waals surface area contributed by atoms with Gasteiger partial charge in [0.05, 0.1) is 0 Å². The van der Waals surface area contributed by atoms with Gasteiger partial charge >= 0.3 is 0 Å².